The van der Waals surface area contributed by atoms with Crippen LogP contribution in [0, 0.1) is 0 Å². The zero-order valence-electron chi connectivity index (χ0n) is 15.2. The second-order valence-corrected chi connectivity index (χ2v) is 10.8. The molecular weight excluding hydrogens is 559 g/mol. The van der Waals surface area contributed by atoms with Crippen molar-refractivity contribution in [2.75, 3.05) is 6.54 Å². The Kier molecular flexibility index (Phi) is 5.32. The van der Waals surface area contributed by atoms with E-state index in [1.165, 1.54) is 35.7 Å². The Morgan fingerprint density at radius 1 is 0.967 bits per heavy atom. The van der Waals surface area contributed by atoms with Crippen LogP contribution in [0.15, 0.2) is 99.5 Å². The van der Waals surface area contributed by atoms with Crippen molar-refractivity contribution in [3.63, 3.8) is 0 Å². The summed E-state index contributed by atoms with van der Waals surface area (Å²) in [5.41, 5.74) is 3.67. The Bertz CT molecular complexity index is 1180. The Morgan fingerprint density at radius 2 is 1.73 bits per heavy atom. The molecule has 0 amide bonds. The standard InChI is InChI=1S/C22H12Br2F3NS2/c23-15-5-12(6-16(24)9-15)21-28-10-13-4-14(22(25,26)27)8-18-17(20(13)30-21)7-11-2-1-3-29-19(11)18/h1-6,8-9H,7,10H2. The van der Waals surface area contributed by atoms with Crippen molar-refractivity contribution < 1.29 is 13.2 Å². The molecule has 2 aliphatic heterocycles. The molecule has 0 saturated heterocycles. The van der Waals surface area contributed by atoms with Crippen molar-refractivity contribution in [2.24, 2.45) is 4.99 Å². The third-order valence-corrected chi connectivity index (χ3v) is 8.21. The van der Waals surface area contributed by atoms with Gasteiger partial charge in [-0.25, -0.2) is 0 Å². The fourth-order valence-corrected chi connectivity index (χ4v) is 7.04. The maximum atomic E-state index is 13.7. The first kappa shape index (κ1) is 20.7. The van der Waals surface area contributed by atoms with Crippen LogP contribution in [0.5, 0.6) is 0 Å². The van der Waals surface area contributed by atoms with E-state index in [9.17, 15) is 13.2 Å². The molecule has 1 aromatic carbocycles. The summed E-state index contributed by atoms with van der Waals surface area (Å²) in [6, 6.07) is 5.89. The second-order valence-electron chi connectivity index (χ2n) is 7.01. The highest BCUT2D eigenvalue weighted by atomic mass is 79.9. The highest BCUT2D eigenvalue weighted by Gasteiger charge is 2.38. The van der Waals surface area contributed by atoms with E-state index in [2.05, 4.69) is 36.9 Å². The van der Waals surface area contributed by atoms with E-state index in [1.54, 1.807) is 0 Å². The molecule has 0 fully saturated rings. The second kappa shape index (κ2) is 7.73. The van der Waals surface area contributed by atoms with E-state index in [1.807, 2.05) is 35.8 Å². The van der Waals surface area contributed by atoms with Gasteiger partial charge in [0.25, 0.3) is 0 Å². The summed E-state index contributed by atoms with van der Waals surface area (Å²) < 4.78 is 43.1. The highest BCUT2D eigenvalue weighted by Crippen LogP contribution is 2.52. The topological polar surface area (TPSA) is 12.4 Å². The number of hydrogen-bond acceptors (Lipinski definition) is 3. The molecule has 152 valence electrons. The first-order chi connectivity index (χ1) is 14.3. The first-order valence-electron chi connectivity index (χ1n) is 8.99. The van der Waals surface area contributed by atoms with E-state index < -0.39 is 11.7 Å². The predicted molar refractivity (Wildman–Crippen MR) is 127 cm³/mol. The minimum absolute atomic E-state index is 0.228. The van der Waals surface area contributed by atoms with Crippen LogP contribution in [0.2, 0.25) is 0 Å². The van der Waals surface area contributed by atoms with Crippen molar-refractivity contribution in [3.05, 3.63) is 100 Å². The van der Waals surface area contributed by atoms with Gasteiger partial charge >= 0.3 is 6.18 Å². The molecule has 5 rings (SSSR count). The average molecular weight is 571 g/mol. The van der Waals surface area contributed by atoms with Crippen LogP contribution in [0.1, 0.15) is 12.0 Å². The number of nitrogens with zero attached hydrogens (tertiary/aromatic N) is 1. The van der Waals surface area contributed by atoms with Crippen molar-refractivity contribution in [1.29, 1.82) is 0 Å². The highest BCUT2D eigenvalue weighted by molar-refractivity contribution is 9.11. The third-order valence-electron chi connectivity index (χ3n) is 5.01. The smallest absolute Gasteiger partial charge is 0.273 e. The number of allylic oxidation sites excluding steroid dienone is 8. The lowest BCUT2D eigenvalue weighted by molar-refractivity contribution is -0.0882. The van der Waals surface area contributed by atoms with Gasteiger partial charge in [-0.05, 0) is 58.1 Å². The Morgan fingerprint density at radius 3 is 2.47 bits per heavy atom. The molecule has 8 heteroatoms. The van der Waals surface area contributed by atoms with Gasteiger partial charge in [0.15, 0.2) is 0 Å². The molecule has 1 nitrogen and oxygen atoms in total. The number of alkyl halides is 3. The van der Waals surface area contributed by atoms with Crippen LogP contribution in [0.25, 0.3) is 0 Å². The molecule has 30 heavy (non-hydrogen) atoms. The summed E-state index contributed by atoms with van der Waals surface area (Å²) in [6.45, 7) is 0.228. The minimum Gasteiger partial charge on any atom is -0.273 e. The number of fused-ring (bicyclic) bond motifs is 3. The summed E-state index contributed by atoms with van der Waals surface area (Å²) in [5.74, 6) is 0. The van der Waals surface area contributed by atoms with Crippen LogP contribution in [-0.4, -0.2) is 17.8 Å². The zero-order chi connectivity index (χ0) is 21.0. The van der Waals surface area contributed by atoms with Crippen molar-refractivity contribution in [1.82, 2.24) is 0 Å². The molecule has 2 heterocycles. The van der Waals surface area contributed by atoms with Crippen molar-refractivity contribution in [3.8, 4) is 0 Å². The molecule has 0 bridgehead atoms. The van der Waals surface area contributed by atoms with Gasteiger partial charge in [-0.2, -0.15) is 13.2 Å². The van der Waals surface area contributed by atoms with Gasteiger partial charge in [0.2, 0.25) is 0 Å². The van der Waals surface area contributed by atoms with Crippen molar-refractivity contribution >= 4 is 60.4 Å². The molecule has 0 radical (unpaired) electrons. The van der Waals surface area contributed by atoms with Crippen LogP contribution in [0.3, 0.4) is 0 Å². The van der Waals surface area contributed by atoms with Crippen molar-refractivity contribution in [2.45, 2.75) is 12.6 Å². The largest absolute Gasteiger partial charge is 0.416 e. The lowest BCUT2D eigenvalue weighted by Gasteiger charge is -2.20. The molecule has 0 unspecified atom stereocenters. The molecule has 4 aliphatic rings. The fourth-order valence-electron chi connectivity index (χ4n) is 3.73. The minimum atomic E-state index is -4.41. The van der Waals surface area contributed by atoms with Gasteiger partial charge in [0.05, 0.1) is 12.1 Å². The number of aliphatic imine (C=N–C) groups is 1. The van der Waals surface area contributed by atoms with Gasteiger partial charge in [-0.1, -0.05) is 67.5 Å². The number of halogens is 5. The van der Waals surface area contributed by atoms with Gasteiger partial charge in [-0.3, -0.25) is 4.99 Å². The molecule has 0 N–H and O–H groups in total. The summed E-state index contributed by atoms with van der Waals surface area (Å²) in [6.07, 6.45) is 2.76. The SMILES string of the molecule is FC(F)(F)C1=CC2=C3SC=CC=C3CC2=C2SC(c3cc(Br)cc(Br)c3)=NCC2=C1. The lowest BCUT2D eigenvalue weighted by Crippen LogP contribution is -2.12. The molecule has 2 aliphatic carbocycles. The van der Waals surface area contributed by atoms with E-state index in [0.29, 0.717) is 17.6 Å². The summed E-state index contributed by atoms with van der Waals surface area (Å²) in [7, 11) is 0. The maximum Gasteiger partial charge on any atom is 0.416 e. The van der Waals surface area contributed by atoms with Gasteiger partial charge < -0.3 is 0 Å². The molecule has 1 aromatic rings. The monoisotopic (exact) mass is 569 g/mol. The first-order valence-corrected chi connectivity index (χ1v) is 12.3. The maximum absolute atomic E-state index is 13.7. The molecule has 0 saturated carbocycles. The summed E-state index contributed by atoms with van der Waals surface area (Å²) in [4.78, 5) is 6.44. The van der Waals surface area contributed by atoms with Gasteiger partial charge in [0, 0.05) is 30.7 Å². The van der Waals surface area contributed by atoms with E-state index in [-0.39, 0.29) is 6.54 Å². The Balaban J connectivity index is 1.67. The lowest BCUT2D eigenvalue weighted by atomic mass is 10.1. The van der Waals surface area contributed by atoms with E-state index >= 15 is 0 Å². The quantitative estimate of drug-likeness (QED) is 0.337. The van der Waals surface area contributed by atoms with Gasteiger partial charge in [0.1, 0.15) is 5.04 Å². The summed E-state index contributed by atoms with van der Waals surface area (Å²) >= 11 is 9.96. The average Bonchev–Trinajstić information content (AvgIpc) is 2.96. The number of rotatable bonds is 1. The molecule has 0 spiro atoms. The molecular formula is C22H12Br2F3NS2. The van der Waals surface area contributed by atoms with Crippen LogP contribution in [0.4, 0.5) is 13.2 Å². The van der Waals surface area contributed by atoms with Crippen LogP contribution >= 0.6 is 55.4 Å². The van der Waals surface area contributed by atoms with E-state index in [4.69, 9.17) is 0 Å². The number of hydrogen-bond donors (Lipinski definition) is 0. The molecule has 0 aromatic heterocycles. The predicted octanol–water partition coefficient (Wildman–Crippen LogP) is 8.23. The van der Waals surface area contributed by atoms with E-state index in [0.717, 1.165) is 40.5 Å². The third kappa shape index (κ3) is 3.76. The number of benzene rings is 1. The van der Waals surface area contributed by atoms with Crippen LogP contribution < -0.4 is 0 Å². The number of thioether (sulfide) groups is 2. The fraction of sp³-hybridized carbons (Fsp3) is 0.136. The zero-order valence-corrected chi connectivity index (χ0v) is 20.0. The van der Waals surface area contributed by atoms with Crippen LogP contribution in [-0.2, 0) is 0 Å². The van der Waals surface area contributed by atoms with Gasteiger partial charge in [-0.15, -0.1) is 0 Å². The normalized spacial score (nSPS) is 20.7. The summed E-state index contributed by atoms with van der Waals surface area (Å²) in [5, 5.41) is 2.73. The Hall–Kier alpha value is -1.22. The molecule has 0 atom stereocenters. The Labute approximate surface area is 196 Å².